The maximum Gasteiger partial charge on any atom is 0.452 e. The standard InChI is InChI=1S/C31H32ClF3N2O3/c1-20(2)27(28(38)31(33,34)35)36-29(39)26(18-22-13-8-5-9-14-22)37(3)30(40)25(17-21-11-6-4-7-12-21)23-15-10-16-24(32)19-23/h4-16,19-20,25-27H,17-18H2,1-3H3,(H,36,39)/t25-,26-,27-/m0/s1. The minimum Gasteiger partial charge on any atom is -0.344 e. The van der Waals surface area contributed by atoms with Gasteiger partial charge in [0.05, 0.1) is 12.0 Å². The van der Waals surface area contributed by atoms with Gasteiger partial charge in [-0.3, -0.25) is 14.4 Å². The van der Waals surface area contributed by atoms with Crippen molar-refractivity contribution in [3.05, 3.63) is 107 Å². The maximum atomic E-state index is 14.1. The average molecular weight is 573 g/mol. The van der Waals surface area contributed by atoms with Gasteiger partial charge in [-0.05, 0) is 41.2 Å². The number of likely N-dealkylation sites (N-methyl/N-ethyl adjacent to an activating group) is 1. The summed E-state index contributed by atoms with van der Waals surface area (Å²) < 4.78 is 39.9. The van der Waals surface area contributed by atoms with E-state index < -0.39 is 47.7 Å². The number of carbonyl (C=O) groups excluding carboxylic acids is 3. The van der Waals surface area contributed by atoms with Crippen LogP contribution in [0.4, 0.5) is 13.2 Å². The molecule has 40 heavy (non-hydrogen) atoms. The van der Waals surface area contributed by atoms with Gasteiger partial charge in [-0.25, -0.2) is 0 Å². The summed E-state index contributed by atoms with van der Waals surface area (Å²) in [4.78, 5) is 41.0. The highest BCUT2D eigenvalue weighted by molar-refractivity contribution is 6.30. The molecule has 0 aliphatic heterocycles. The van der Waals surface area contributed by atoms with Crippen molar-refractivity contribution in [2.75, 3.05) is 7.05 Å². The molecule has 0 spiro atoms. The van der Waals surface area contributed by atoms with Crippen LogP contribution in [0.1, 0.15) is 36.5 Å². The van der Waals surface area contributed by atoms with Crippen LogP contribution >= 0.6 is 11.6 Å². The summed E-state index contributed by atoms with van der Waals surface area (Å²) in [5.41, 5.74) is 2.22. The van der Waals surface area contributed by atoms with E-state index in [0.29, 0.717) is 22.6 Å². The molecule has 0 aliphatic rings. The number of nitrogens with one attached hydrogen (secondary N) is 1. The van der Waals surface area contributed by atoms with Crippen molar-refractivity contribution in [1.29, 1.82) is 0 Å². The molecule has 9 heteroatoms. The van der Waals surface area contributed by atoms with Crippen molar-refractivity contribution in [3.63, 3.8) is 0 Å². The fraction of sp³-hybridized carbons (Fsp3) is 0.323. The molecule has 212 valence electrons. The predicted molar refractivity (Wildman–Crippen MR) is 149 cm³/mol. The van der Waals surface area contributed by atoms with E-state index in [1.165, 1.54) is 25.8 Å². The molecule has 0 aromatic heterocycles. The third kappa shape index (κ3) is 8.18. The molecule has 3 aromatic carbocycles. The van der Waals surface area contributed by atoms with Crippen LogP contribution < -0.4 is 5.32 Å². The Balaban J connectivity index is 1.98. The summed E-state index contributed by atoms with van der Waals surface area (Å²) in [6.45, 7) is 2.84. The first-order valence-corrected chi connectivity index (χ1v) is 13.3. The highest BCUT2D eigenvalue weighted by atomic mass is 35.5. The van der Waals surface area contributed by atoms with Gasteiger partial charge in [0.25, 0.3) is 5.78 Å². The summed E-state index contributed by atoms with van der Waals surface area (Å²) >= 11 is 6.24. The molecule has 0 saturated carbocycles. The zero-order valence-electron chi connectivity index (χ0n) is 22.5. The Labute approximate surface area is 237 Å². The molecule has 5 nitrogen and oxygen atoms in total. The number of ketones is 1. The van der Waals surface area contributed by atoms with Crippen LogP contribution in [-0.4, -0.2) is 47.8 Å². The first-order valence-electron chi connectivity index (χ1n) is 12.9. The Morgan fingerprint density at radius 2 is 1.40 bits per heavy atom. The molecular formula is C31H32ClF3N2O3. The Morgan fingerprint density at radius 1 is 0.850 bits per heavy atom. The Hall–Kier alpha value is -3.65. The minimum atomic E-state index is -5.12. The summed E-state index contributed by atoms with van der Waals surface area (Å²) in [7, 11) is 1.45. The van der Waals surface area contributed by atoms with Crippen molar-refractivity contribution >= 4 is 29.2 Å². The van der Waals surface area contributed by atoms with Gasteiger partial charge in [0.15, 0.2) is 0 Å². The number of amides is 2. The molecular weight excluding hydrogens is 541 g/mol. The first-order chi connectivity index (χ1) is 18.9. The number of hydrogen-bond acceptors (Lipinski definition) is 3. The first kappa shape index (κ1) is 30.9. The van der Waals surface area contributed by atoms with Crippen LogP contribution in [0.2, 0.25) is 5.02 Å². The lowest BCUT2D eigenvalue weighted by molar-refractivity contribution is -0.175. The molecule has 0 heterocycles. The summed E-state index contributed by atoms with van der Waals surface area (Å²) in [6, 6.07) is 22.1. The largest absolute Gasteiger partial charge is 0.452 e. The fourth-order valence-corrected chi connectivity index (χ4v) is 4.72. The summed E-state index contributed by atoms with van der Waals surface area (Å²) in [5.74, 6) is -4.85. The number of carbonyl (C=O) groups is 3. The van der Waals surface area contributed by atoms with Crippen molar-refractivity contribution in [1.82, 2.24) is 10.2 Å². The highest BCUT2D eigenvalue weighted by Crippen LogP contribution is 2.27. The Kier molecular flexibility index (Phi) is 10.5. The molecule has 0 aliphatic carbocycles. The number of nitrogens with zero attached hydrogens (tertiary/aromatic N) is 1. The minimum absolute atomic E-state index is 0.0353. The van der Waals surface area contributed by atoms with Crippen LogP contribution in [0, 0.1) is 5.92 Å². The van der Waals surface area contributed by atoms with Gasteiger partial charge in [0.2, 0.25) is 11.8 Å². The molecule has 0 fully saturated rings. The van der Waals surface area contributed by atoms with Gasteiger partial charge in [0, 0.05) is 18.5 Å². The molecule has 3 aromatic rings. The third-order valence-electron chi connectivity index (χ3n) is 6.75. The lowest BCUT2D eigenvalue weighted by atomic mass is 9.89. The second-order valence-corrected chi connectivity index (χ2v) is 10.5. The van der Waals surface area contributed by atoms with Crippen LogP contribution in [0.3, 0.4) is 0 Å². The van der Waals surface area contributed by atoms with Crippen LogP contribution in [0.15, 0.2) is 84.9 Å². The monoisotopic (exact) mass is 572 g/mol. The highest BCUT2D eigenvalue weighted by Gasteiger charge is 2.46. The van der Waals surface area contributed by atoms with Crippen LogP contribution in [0.25, 0.3) is 0 Å². The molecule has 2 amide bonds. The van der Waals surface area contributed by atoms with Gasteiger partial charge in [-0.15, -0.1) is 0 Å². The number of alkyl halides is 3. The normalized spacial score (nSPS) is 13.8. The van der Waals surface area contributed by atoms with Crippen molar-refractivity contribution in [2.45, 2.75) is 50.9 Å². The van der Waals surface area contributed by atoms with Gasteiger partial charge in [-0.1, -0.05) is 98.2 Å². The number of benzene rings is 3. The average Bonchev–Trinajstić information content (AvgIpc) is 2.92. The number of halogens is 4. The molecule has 0 bridgehead atoms. The van der Waals surface area contributed by atoms with E-state index in [9.17, 15) is 27.6 Å². The SMILES string of the molecule is CC(C)[C@H](NC(=O)[C@H](Cc1ccccc1)N(C)C(=O)[C@@H](Cc1ccccc1)c1cccc(Cl)c1)C(=O)C(F)(F)F. The molecule has 3 atom stereocenters. The summed E-state index contributed by atoms with van der Waals surface area (Å²) in [6.07, 6.45) is -4.77. The molecule has 0 radical (unpaired) electrons. The second-order valence-electron chi connectivity index (χ2n) is 10.0. The zero-order chi connectivity index (χ0) is 29.4. The van der Waals surface area contributed by atoms with Gasteiger partial charge in [0.1, 0.15) is 6.04 Å². The van der Waals surface area contributed by atoms with E-state index >= 15 is 0 Å². The Morgan fingerprint density at radius 3 is 1.90 bits per heavy atom. The Bertz CT molecular complexity index is 1300. The smallest absolute Gasteiger partial charge is 0.344 e. The topological polar surface area (TPSA) is 66.5 Å². The van der Waals surface area contributed by atoms with E-state index in [2.05, 4.69) is 5.32 Å². The van der Waals surface area contributed by atoms with E-state index in [1.807, 2.05) is 30.3 Å². The summed E-state index contributed by atoms with van der Waals surface area (Å²) in [5, 5.41) is 2.73. The lowest BCUT2D eigenvalue weighted by Crippen LogP contribution is -2.56. The van der Waals surface area contributed by atoms with Crippen LogP contribution in [0.5, 0.6) is 0 Å². The quantitative estimate of drug-likeness (QED) is 0.306. The molecule has 0 unspecified atom stereocenters. The van der Waals surface area contributed by atoms with E-state index in [-0.39, 0.29) is 6.42 Å². The molecule has 1 N–H and O–H groups in total. The van der Waals surface area contributed by atoms with E-state index in [0.717, 1.165) is 5.56 Å². The number of Topliss-reactive ketones (excluding diaryl/α,β-unsaturated/α-hetero) is 1. The fourth-order valence-electron chi connectivity index (χ4n) is 4.52. The predicted octanol–water partition coefficient (Wildman–Crippen LogP) is 6.01. The number of rotatable bonds is 11. The second kappa shape index (κ2) is 13.6. The van der Waals surface area contributed by atoms with Crippen molar-refractivity contribution < 1.29 is 27.6 Å². The van der Waals surface area contributed by atoms with Crippen molar-refractivity contribution in [3.8, 4) is 0 Å². The van der Waals surface area contributed by atoms with Gasteiger partial charge < -0.3 is 10.2 Å². The molecule has 0 saturated heterocycles. The van der Waals surface area contributed by atoms with E-state index in [4.69, 9.17) is 11.6 Å². The van der Waals surface area contributed by atoms with Gasteiger partial charge in [-0.2, -0.15) is 13.2 Å². The van der Waals surface area contributed by atoms with Crippen LogP contribution in [-0.2, 0) is 27.2 Å². The van der Waals surface area contributed by atoms with Gasteiger partial charge >= 0.3 is 6.18 Å². The third-order valence-corrected chi connectivity index (χ3v) is 6.98. The zero-order valence-corrected chi connectivity index (χ0v) is 23.2. The molecule has 3 rings (SSSR count). The lowest BCUT2D eigenvalue weighted by Gasteiger charge is -2.33. The van der Waals surface area contributed by atoms with Crippen molar-refractivity contribution in [2.24, 2.45) is 5.92 Å². The maximum absolute atomic E-state index is 14.1. The van der Waals surface area contributed by atoms with E-state index in [1.54, 1.807) is 54.6 Å². The number of hydrogen-bond donors (Lipinski definition) is 1.